The zero-order chi connectivity index (χ0) is 45.2. The quantitative estimate of drug-likeness (QED) is 0.0327. The second kappa shape index (κ2) is 30.5. The minimum Gasteiger partial charge on any atom is -0.497 e. The third-order valence-corrected chi connectivity index (χ3v) is 12.6. The summed E-state index contributed by atoms with van der Waals surface area (Å²) < 4.78 is 71.4. The Hall–Kier alpha value is -2.53. The molecular formula is C45H70BrO14P. The van der Waals surface area contributed by atoms with Gasteiger partial charge < -0.3 is 52.0 Å². The SMILES string of the molecule is CCOP(=O)(CC(=O)O[C@H](CC)CCC[C@H](OCc1ccc(OC)cc1)[C@@H](C)C(=O)/C=C/C=C/C[C@@H](C/C=C(Br)/C=C/CO)O[C@@H]1O[C@@H](C)[C@H](OC)[C@@H](OC)[C@H]1OC)OCC. The van der Waals surface area contributed by atoms with Gasteiger partial charge in [0.15, 0.2) is 12.1 Å². The Balaban J connectivity index is 2.17. The molecule has 61 heavy (non-hydrogen) atoms. The molecule has 1 aromatic carbocycles. The molecule has 1 aliphatic rings. The van der Waals surface area contributed by atoms with Gasteiger partial charge in [0.2, 0.25) is 0 Å². The fourth-order valence-electron chi connectivity index (χ4n) is 6.79. The molecule has 9 atom stereocenters. The predicted molar refractivity (Wildman–Crippen MR) is 238 cm³/mol. The van der Waals surface area contributed by atoms with Gasteiger partial charge in [-0.1, -0.05) is 78.4 Å². The first-order valence-electron chi connectivity index (χ1n) is 21.0. The van der Waals surface area contributed by atoms with E-state index in [2.05, 4.69) is 15.9 Å². The van der Waals surface area contributed by atoms with E-state index in [1.165, 1.54) is 0 Å². The van der Waals surface area contributed by atoms with E-state index in [0.717, 1.165) is 15.8 Å². The van der Waals surface area contributed by atoms with Crippen LogP contribution in [0.15, 0.2) is 71.3 Å². The van der Waals surface area contributed by atoms with Crippen LogP contribution >= 0.6 is 23.5 Å². The summed E-state index contributed by atoms with van der Waals surface area (Å²) in [5.41, 5.74) is 0.932. The van der Waals surface area contributed by atoms with Crippen molar-refractivity contribution < 1.29 is 66.2 Å². The van der Waals surface area contributed by atoms with E-state index in [4.69, 9.17) is 46.9 Å². The highest BCUT2D eigenvalue weighted by Crippen LogP contribution is 2.48. The maximum atomic E-state index is 13.6. The van der Waals surface area contributed by atoms with Gasteiger partial charge in [-0.05, 0) is 83.1 Å². The number of hydrogen-bond donors (Lipinski definition) is 1. The molecule has 346 valence electrons. The Morgan fingerprint density at radius 3 is 2.15 bits per heavy atom. The molecule has 16 heteroatoms. The van der Waals surface area contributed by atoms with Gasteiger partial charge in [0, 0.05) is 31.7 Å². The van der Waals surface area contributed by atoms with E-state index in [1.807, 2.05) is 63.3 Å². The lowest BCUT2D eigenvalue weighted by Gasteiger charge is -2.44. The number of aliphatic hydroxyl groups excluding tert-OH is 1. The molecule has 0 aliphatic carbocycles. The van der Waals surface area contributed by atoms with E-state index >= 15 is 0 Å². The van der Waals surface area contributed by atoms with Gasteiger partial charge in [0.05, 0.1) is 51.8 Å². The van der Waals surface area contributed by atoms with E-state index < -0.39 is 56.4 Å². The number of benzene rings is 1. The van der Waals surface area contributed by atoms with Crippen LogP contribution in [0.2, 0.25) is 0 Å². The van der Waals surface area contributed by atoms with Gasteiger partial charge in [-0.25, -0.2) is 0 Å². The topological polar surface area (TPSA) is 164 Å². The Bertz CT molecular complexity index is 1560. The van der Waals surface area contributed by atoms with E-state index in [1.54, 1.807) is 66.6 Å². The van der Waals surface area contributed by atoms with Gasteiger partial charge >= 0.3 is 13.6 Å². The first-order chi connectivity index (χ1) is 29.3. The summed E-state index contributed by atoms with van der Waals surface area (Å²) in [7, 11) is 2.81. The van der Waals surface area contributed by atoms with Crippen molar-refractivity contribution in [3.05, 3.63) is 76.8 Å². The van der Waals surface area contributed by atoms with E-state index in [9.17, 15) is 19.3 Å². The molecule has 0 aromatic heterocycles. The number of allylic oxidation sites excluding steroid dienone is 5. The zero-order valence-corrected chi connectivity index (χ0v) is 39.9. The van der Waals surface area contributed by atoms with Gasteiger partial charge in [-0.3, -0.25) is 14.2 Å². The van der Waals surface area contributed by atoms with Crippen molar-refractivity contribution in [3.63, 3.8) is 0 Å². The van der Waals surface area contributed by atoms with Gasteiger partial charge in [-0.15, -0.1) is 0 Å². The van der Waals surface area contributed by atoms with Crippen LogP contribution < -0.4 is 4.74 Å². The lowest BCUT2D eigenvalue weighted by Crippen LogP contribution is -2.59. The number of esters is 1. The maximum Gasteiger partial charge on any atom is 0.341 e. The molecule has 14 nitrogen and oxygen atoms in total. The van der Waals surface area contributed by atoms with Crippen LogP contribution in [-0.4, -0.2) is 120 Å². The maximum absolute atomic E-state index is 13.6. The molecule has 1 aromatic rings. The Kier molecular flexibility index (Phi) is 27.3. The van der Waals surface area contributed by atoms with Gasteiger partial charge in [-0.2, -0.15) is 0 Å². The number of carbonyl (C=O) groups is 2. The average Bonchev–Trinajstić information content (AvgIpc) is 3.24. The number of carbonyl (C=O) groups excluding carboxylic acids is 2. The normalized spacial score (nSPS) is 22.1. The Morgan fingerprint density at radius 2 is 1.56 bits per heavy atom. The highest BCUT2D eigenvalue weighted by Gasteiger charge is 2.46. The number of rotatable bonds is 31. The highest BCUT2D eigenvalue weighted by atomic mass is 79.9. The lowest BCUT2D eigenvalue weighted by molar-refractivity contribution is -0.314. The van der Waals surface area contributed by atoms with Crippen LogP contribution in [0.25, 0.3) is 0 Å². The van der Waals surface area contributed by atoms with Crippen molar-refractivity contribution in [1.29, 1.82) is 0 Å². The second-order valence-corrected chi connectivity index (χ2v) is 17.4. The van der Waals surface area contributed by atoms with Crippen LogP contribution in [0, 0.1) is 5.92 Å². The summed E-state index contributed by atoms with van der Waals surface area (Å²) in [6.07, 6.45) is 11.5. The largest absolute Gasteiger partial charge is 0.497 e. The Labute approximate surface area is 371 Å². The summed E-state index contributed by atoms with van der Waals surface area (Å²) in [5.74, 6) is -0.499. The molecule has 1 N–H and O–H groups in total. The standard InChI is InChI=1S/C45H70BrO14P/c1-10-36(59-41(49)31-61(50,56-11-2)57-12-3)20-16-22-40(55-30-34-23-26-37(51-6)27-24-34)32(4)39(48)21-15-13-14-19-38(28-25-35(46)18-17-29-47)60-45-44(54-9)43(53-8)42(52-7)33(5)58-45/h13-15,17-18,21,23-27,32-33,36,38,40,42-45,47H,10-12,16,19-20,22,28-31H2,1-9H3/b14-13+,18-17+,21-15+,35-25-/t32-,33-,36+,38-,40-,42-,43+,44+,45-/m0/s1. The van der Waals surface area contributed by atoms with Crippen molar-refractivity contribution in [2.45, 2.75) is 129 Å². The third-order valence-electron chi connectivity index (χ3n) is 10.1. The summed E-state index contributed by atoms with van der Waals surface area (Å²) in [6.45, 7) is 9.55. The monoisotopic (exact) mass is 944 g/mol. The number of ketones is 1. The molecule has 2 rings (SSSR count). The first kappa shape index (κ1) is 54.6. The Morgan fingerprint density at radius 1 is 0.885 bits per heavy atom. The molecule has 0 saturated carbocycles. The molecule has 0 unspecified atom stereocenters. The van der Waals surface area contributed by atoms with Crippen molar-refractivity contribution >= 4 is 35.3 Å². The van der Waals surface area contributed by atoms with Gasteiger partial charge in [0.1, 0.15) is 36.3 Å². The van der Waals surface area contributed by atoms with Crippen molar-refractivity contribution in [3.8, 4) is 5.75 Å². The highest BCUT2D eigenvalue weighted by molar-refractivity contribution is 9.11. The smallest absolute Gasteiger partial charge is 0.341 e. The first-order valence-corrected chi connectivity index (χ1v) is 23.6. The number of aliphatic hydroxyl groups is 1. The molecule has 1 saturated heterocycles. The molecule has 0 radical (unpaired) electrons. The van der Waals surface area contributed by atoms with Crippen LogP contribution in [0.5, 0.6) is 5.75 Å². The summed E-state index contributed by atoms with van der Waals surface area (Å²) in [5, 5.41) is 9.20. The number of methoxy groups -OCH3 is 4. The number of hydrogen-bond acceptors (Lipinski definition) is 14. The minimum atomic E-state index is -3.59. The van der Waals surface area contributed by atoms with Crippen molar-refractivity contribution in [1.82, 2.24) is 0 Å². The third kappa shape index (κ3) is 19.8. The molecular weight excluding hydrogens is 875 g/mol. The zero-order valence-electron chi connectivity index (χ0n) is 37.4. The molecule has 1 aliphatic heterocycles. The molecule has 0 spiro atoms. The molecule has 1 fully saturated rings. The summed E-state index contributed by atoms with van der Waals surface area (Å²) >= 11 is 3.52. The fraction of sp³-hybridized carbons (Fsp3) is 0.644. The van der Waals surface area contributed by atoms with Crippen LogP contribution in [0.1, 0.15) is 78.7 Å². The van der Waals surface area contributed by atoms with Crippen molar-refractivity contribution in [2.24, 2.45) is 5.92 Å². The van der Waals surface area contributed by atoms with Gasteiger partial charge in [0.25, 0.3) is 0 Å². The van der Waals surface area contributed by atoms with Crippen LogP contribution in [0.3, 0.4) is 0 Å². The number of ether oxygens (including phenoxy) is 8. The molecule has 0 bridgehead atoms. The fourth-order valence-corrected chi connectivity index (χ4v) is 8.60. The molecule has 0 amide bonds. The van der Waals surface area contributed by atoms with E-state index in [-0.39, 0.29) is 43.9 Å². The average molecular weight is 946 g/mol. The van der Waals surface area contributed by atoms with E-state index in [0.29, 0.717) is 45.1 Å². The van der Waals surface area contributed by atoms with Crippen LogP contribution in [-0.2, 0) is 63.0 Å². The lowest BCUT2D eigenvalue weighted by atomic mass is 9.94. The van der Waals surface area contributed by atoms with Crippen molar-refractivity contribution in [2.75, 3.05) is 54.4 Å². The molecule has 1 heterocycles. The number of halogens is 1. The van der Waals surface area contributed by atoms with Crippen LogP contribution in [0.4, 0.5) is 0 Å². The predicted octanol–water partition coefficient (Wildman–Crippen LogP) is 8.44. The summed E-state index contributed by atoms with van der Waals surface area (Å²) in [6, 6.07) is 7.56. The minimum absolute atomic E-state index is 0.0825. The summed E-state index contributed by atoms with van der Waals surface area (Å²) in [4.78, 5) is 26.3. The second-order valence-electron chi connectivity index (χ2n) is 14.4.